The van der Waals surface area contributed by atoms with Crippen LogP contribution in [0.3, 0.4) is 0 Å². The van der Waals surface area contributed by atoms with Gasteiger partial charge in [-0.3, -0.25) is 15.4 Å². The molecule has 0 unspecified atom stereocenters. The Morgan fingerprint density at radius 3 is 2.11 bits per heavy atom. The van der Waals surface area contributed by atoms with Crippen LogP contribution >= 0.6 is 24.0 Å². The van der Waals surface area contributed by atoms with Crippen molar-refractivity contribution in [1.29, 1.82) is 0 Å². The summed E-state index contributed by atoms with van der Waals surface area (Å²) in [5.74, 6) is 0. The van der Waals surface area contributed by atoms with Crippen LogP contribution in [0.5, 0.6) is 0 Å². The molecule has 0 saturated carbocycles. The van der Waals surface area contributed by atoms with Gasteiger partial charge in [0.15, 0.2) is 4.32 Å². The molecule has 2 aromatic heterocycles. The second-order valence-corrected chi connectivity index (χ2v) is 4.98. The molecule has 0 aliphatic rings. The van der Waals surface area contributed by atoms with Crippen LogP contribution < -0.4 is 5.43 Å². The summed E-state index contributed by atoms with van der Waals surface area (Å²) in [6.45, 7) is 0. The number of thioether (sulfide) groups is 1. The van der Waals surface area contributed by atoms with Gasteiger partial charge in [0, 0.05) is 12.4 Å². The van der Waals surface area contributed by atoms with Gasteiger partial charge in [0.2, 0.25) is 0 Å². The van der Waals surface area contributed by atoms with E-state index in [1.54, 1.807) is 12.4 Å². The number of rotatable bonds is 3. The highest BCUT2D eigenvalue weighted by Crippen LogP contribution is 2.06. The van der Waals surface area contributed by atoms with E-state index in [4.69, 9.17) is 12.2 Å². The molecule has 19 heavy (non-hydrogen) atoms. The van der Waals surface area contributed by atoms with Crippen molar-refractivity contribution >= 4 is 34.0 Å². The van der Waals surface area contributed by atoms with Crippen LogP contribution in [0.15, 0.2) is 53.9 Å². The number of hydrogen-bond donors (Lipinski definition) is 1. The molecule has 96 valence electrons. The molecule has 4 nitrogen and oxygen atoms in total. The molecule has 0 spiro atoms. The number of nitrogens with zero attached hydrogens (tertiary/aromatic N) is 3. The van der Waals surface area contributed by atoms with Crippen molar-refractivity contribution in [3.63, 3.8) is 0 Å². The maximum atomic E-state index is 5.08. The number of hydrogen-bond acceptors (Lipinski definition) is 5. The topological polar surface area (TPSA) is 50.2 Å². The van der Waals surface area contributed by atoms with Crippen molar-refractivity contribution in [2.75, 3.05) is 6.26 Å². The van der Waals surface area contributed by atoms with E-state index in [0.29, 0.717) is 10.0 Å². The number of pyridine rings is 2. The summed E-state index contributed by atoms with van der Waals surface area (Å²) in [6.07, 6.45) is 5.34. The highest BCUT2D eigenvalue weighted by molar-refractivity contribution is 8.22. The molecule has 0 fully saturated rings. The van der Waals surface area contributed by atoms with Crippen molar-refractivity contribution in [1.82, 2.24) is 15.4 Å². The summed E-state index contributed by atoms with van der Waals surface area (Å²) in [6, 6.07) is 11.3. The first kappa shape index (κ1) is 13.6. The summed E-state index contributed by atoms with van der Waals surface area (Å²) in [5, 5.41) is 4.31. The molecule has 6 heteroatoms. The molecule has 1 N–H and O–H groups in total. The highest BCUT2D eigenvalue weighted by atomic mass is 32.2. The molecule has 2 heterocycles. The monoisotopic (exact) mass is 288 g/mol. The van der Waals surface area contributed by atoms with Gasteiger partial charge in [-0.05, 0) is 30.5 Å². The molecule has 0 radical (unpaired) electrons. The minimum atomic E-state index is 0.601. The van der Waals surface area contributed by atoms with Crippen LogP contribution in [-0.2, 0) is 0 Å². The van der Waals surface area contributed by atoms with E-state index in [-0.39, 0.29) is 0 Å². The van der Waals surface area contributed by atoms with Crippen molar-refractivity contribution in [3.8, 4) is 0 Å². The first-order valence-corrected chi connectivity index (χ1v) is 7.19. The van der Waals surface area contributed by atoms with Crippen molar-refractivity contribution in [3.05, 3.63) is 60.2 Å². The summed E-state index contributed by atoms with van der Waals surface area (Å²) < 4.78 is 0.601. The zero-order valence-electron chi connectivity index (χ0n) is 10.3. The highest BCUT2D eigenvalue weighted by Gasteiger charge is 2.09. The van der Waals surface area contributed by atoms with Gasteiger partial charge in [-0.1, -0.05) is 36.1 Å². The predicted molar refractivity (Wildman–Crippen MR) is 83.4 cm³/mol. The molecule has 0 aliphatic heterocycles. The Balaban J connectivity index is 2.37. The lowest BCUT2D eigenvalue weighted by Crippen LogP contribution is -2.17. The van der Waals surface area contributed by atoms with Crippen LogP contribution in [0.1, 0.15) is 11.4 Å². The zero-order valence-corrected chi connectivity index (χ0v) is 11.9. The third-order valence-corrected chi connectivity index (χ3v) is 3.31. The fourth-order valence-corrected chi connectivity index (χ4v) is 1.58. The molecule has 0 saturated heterocycles. The van der Waals surface area contributed by atoms with Gasteiger partial charge in [0.25, 0.3) is 0 Å². The van der Waals surface area contributed by atoms with Gasteiger partial charge in [-0.25, -0.2) is 0 Å². The lowest BCUT2D eigenvalue weighted by Gasteiger charge is -2.06. The second kappa shape index (κ2) is 6.96. The maximum Gasteiger partial charge on any atom is 0.153 e. The largest absolute Gasteiger partial charge is 0.262 e. The Kier molecular flexibility index (Phi) is 5.00. The molecule has 2 aromatic rings. The Morgan fingerprint density at radius 1 is 1.11 bits per heavy atom. The number of aromatic nitrogens is 2. The van der Waals surface area contributed by atoms with Crippen LogP contribution in [0.2, 0.25) is 0 Å². The predicted octanol–water partition coefficient (Wildman–Crippen LogP) is 2.47. The van der Waals surface area contributed by atoms with Crippen LogP contribution in [-0.4, -0.2) is 26.3 Å². The van der Waals surface area contributed by atoms with Gasteiger partial charge in [0.05, 0.1) is 11.4 Å². The Bertz CT molecular complexity index is 528. The molecule has 0 aromatic carbocycles. The second-order valence-electron chi connectivity index (χ2n) is 3.49. The van der Waals surface area contributed by atoms with Gasteiger partial charge >= 0.3 is 0 Å². The van der Waals surface area contributed by atoms with E-state index in [9.17, 15) is 0 Å². The van der Waals surface area contributed by atoms with Crippen LogP contribution in [0.25, 0.3) is 0 Å². The lowest BCUT2D eigenvalue weighted by molar-refractivity contribution is 1.05. The Labute approximate surface area is 121 Å². The SMILES string of the molecule is CSC(=S)NN=C(c1ccccn1)c1ccccn1. The molecule has 0 aliphatic carbocycles. The standard InChI is InChI=1S/C13H12N4S2/c1-19-13(18)17-16-12(10-6-2-4-8-14-10)11-7-3-5-9-15-11/h2-9H,1H3,(H,17,18). The molecular formula is C13H12N4S2. The van der Waals surface area contributed by atoms with E-state index in [2.05, 4.69) is 20.5 Å². The molecule has 2 rings (SSSR count). The first-order chi connectivity index (χ1) is 9.31. The van der Waals surface area contributed by atoms with Gasteiger partial charge in [-0.2, -0.15) is 5.10 Å². The van der Waals surface area contributed by atoms with Crippen molar-refractivity contribution in [2.45, 2.75) is 0 Å². The first-order valence-electron chi connectivity index (χ1n) is 5.55. The quantitative estimate of drug-likeness (QED) is 0.534. The number of hydrazone groups is 1. The van der Waals surface area contributed by atoms with Gasteiger partial charge < -0.3 is 0 Å². The average molecular weight is 288 g/mol. The van der Waals surface area contributed by atoms with Crippen LogP contribution in [0.4, 0.5) is 0 Å². The Hall–Kier alpha value is -1.79. The fraction of sp³-hybridized carbons (Fsp3) is 0.0769. The zero-order chi connectivity index (χ0) is 13.5. The van der Waals surface area contributed by atoms with Crippen molar-refractivity contribution in [2.24, 2.45) is 5.10 Å². The minimum Gasteiger partial charge on any atom is -0.262 e. The lowest BCUT2D eigenvalue weighted by atomic mass is 10.1. The number of thiocarbonyl (C=S) groups is 1. The van der Waals surface area contributed by atoms with E-state index in [1.807, 2.05) is 42.7 Å². The normalized spacial score (nSPS) is 9.74. The van der Waals surface area contributed by atoms with E-state index in [0.717, 1.165) is 11.4 Å². The maximum absolute atomic E-state index is 5.08. The summed E-state index contributed by atoms with van der Waals surface area (Å²) in [4.78, 5) is 8.60. The summed E-state index contributed by atoms with van der Waals surface area (Å²) in [7, 11) is 0. The fourth-order valence-electron chi connectivity index (χ4n) is 1.40. The molecular weight excluding hydrogens is 276 g/mol. The van der Waals surface area contributed by atoms with Crippen LogP contribution in [0, 0.1) is 0 Å². The Morgan fingerprint density at radius 2 is 1.68 bits per heavy atom. The van der Waals surface area contributed by atoms with Gasteiger partial charge in [-0.15, -0.1) is 0 Å². The summed E-state index contributed by atoms with van der Waals surface area (Å²) >= 11 is 6.51. The minimum absolute atomic E-state index is 0.601. The van der Waals surface area contributed by atoms with Gasteiger partial charge in [0.1, 0.15) is 5.71 Å². The smallest absolute Gasteiger partial charge is 0.153 e. The molecule has 0 bridgehead atoms. The van der Waals surface area contributed by atoms with E-state index < -0.39 is 0 Å². The third-order valence-electron chi connectivity index (χ3n) is 2.26. The molecule has 0 amide bonds. The van der Waals surface area contributed by atoms with Crippen molar-refractivity contribution < 1.29 is 0 Å². The number of nitrogens with one attached hydrogen (secondary N) is 1. The average Bonchev–Trinajstić information content (AvgIpc) is 2.49. The van der Waals surface area contributed by atoms with E-state index >= 15 is 0 Å². The third kappa shape index (κ3) is 3.84. The summed E-state index contributed by atoms with van der Waals surface area (Å²) in [5.41, 5.74) is 4.99. The van der Waals surface area contributed by atoms with E-state index in [1.165, 1.54) is 11.8 Å². The molecule has 0 atom stereocenters.